The summed E-state index contributed by atoms with van der Waals surface area (Å²) in [4.78, 5) is 30.5. The van der Waals surface area contributed by atoms with Crippen LogP contribution in [0.15, 0.2) is 0 Å². The lowest BCUT2D eigenvalue weighted by molar-refractivity contribution is -0.130. The van der Waals surface area contributed by atoms with Gasteiger partial charge in [0, 0.05) is 51.2 Å². The highest BCUT2D eigenvalue weighted by atomic mass is 16.6. The maximum atomic E-state index is 11.9. The van der Waals surface area contributed by atoms with Crippen LogP contribution in [-0.4, -0.2) is 78.1 Å². The normalized spacial score (nSPS) is 34.0. The molecule has 1 saturated carbocycles. The molecule has 4 fully saturated rings. The highest BCUT2D eigenvalue weighted by molar-refractivity contribution is 5.78. The van der Waals surface area contributed by atoms with E-state index in [1.165, 1.54) is 12.8 Å². The molecule has 1 aliphatic carbocycles. The fourth-order valence-corrected chi connectivity index (χ4v) is 5.45. The molecule has 0 atom stereocenters. The molecular formula is C19H31N3O3. The summed E-state index contributed by atoms with van der Waals surface area (Å²) in [5.74, 6) is 0.367. The Balaban J connectivity index is 1.23. The molecule has 0 aromatic heterocycles. The van der Waals surface area contributed by atoms with Gasteiger partial charge in [0.15, 0.2) is 0 Å². The van der Waals surface area contributed by atoms with Gasteiger partial charge in [-0.1, -0.05) is 0 Å². The van der Waals surface area contributed by atoms with E-state index in [-0.39, 0.29) is 6.09 Å². The van der Waals surface area contributed by atoms with E-state index < -0.39 is 0 Å². The Morgan fingerprint density at radius 2 is 1.92 bits per heavy atom. The van der Waals surface area contributed by atoms with Gasteiger partial charge >= 0.3 is 6.09 Å². The van der Waals surface area contributed by atoms with Crippen molar-refractivity contribution in [1.29, 1.82) is 0 Å². The topological polar surface area (TPSA) is 53.1 Å². The van der Waals surface area contributed by atoms with Crippen LogP contribution in [-0.2, 0) is 9.53 Å². The van der Waals surface area contributed by atoms with Crippen molar-refractivity contribution < 1.29 is 14.3 Å². The van der Waals surface area contributed by atoms with Crippen molar-refractivity contribution in [3.63, 3.8) is 0 Å². The van der Waals surface area contributed by atoms with E-state index >= 15 is 0 Å². The number of rotatable bonds is 3. The number of ether oxygens (including phenoxy) is 1. The molecule has 1 spiro atoms. The van der Waals surface area contributed by atoms with Crippen molar-refractivity contribution in [1.82, 2.24) is 14.7 Å². The van der Waals surface area contributed by atoms with Crippen LogP contribution in [0.1, 0.15) is 51.9 Å². The number of piperidine rings is 1. The van der Waals surface area contributed by atoms with Crippen molar-refractivity contribution in [2.75, 3.05) is 39.3 Å². The molecule has 0 aromatic carbocycles. The number of carbonyl (C=O) groups excluding carboxylic acids is 2. The second kappa shape index (κ2) is 6.78. The largest absolute Gasteiger partial charge is 0.450 e. The van der Waals surface area contributed by atoms with E-state index in [9.17, 15) is 9.59 Å². The van der Waals surface area contributed by atoms with Gasteiger partial charge in [-0.05, 0) is 50.9 Å². The lowest BCUT2D eigenvalue weighted by Gasteiger charge is -2.52. The molecule has 6 heteroatoms. The van der Waals surface area contributed by atoms with Crippen LogP contribution in [0.3, 0.4) is 0 Å². The van der Waals surface area contributed by atoms with Gasteiger partial charge in [0.1, 0.15) is 0 Å². The number of amides is 2. The number of carbonyl (C=O) groups is 2. The van der Waals surface area contributed by atoms with Crippen LogP contribution in [0.2, 0.25) is 0 Å². The van der Waals surface area contributed by atoms with E-state index in [4.69, 9.17) is 4.74 Å². The Hall–Kier alpha value is -1.30. The monoisotopic (exact) mass is 349 g/mol. The summed E-state index contributed by atoms with van der Waals surface area (Å²) in [7, 11) is 0. The summed E-state index contributed by atoms with van der Waals surface area (Å²) in [5.41, 5.74) is 0.346. The number of hydrogen-bond donors (Lipinski definition) is 0. The SMILES string of the molecule is CCOC(=O)N1CCC2(CC(N3CCC(N4CCCC4=O)CC3)C2)C1. The Labute approximate surface area is 150 Å². The fourth-order valence-electron chi connectivity index (χ4n) is 5.45. The first kappa shape index (κ1) is 17.1. The molecule has 3 aliphatic heterocycles. The van der Waals surface area contributed by atoms with E-state index in [0.717, 1.165) is 64.8 Å². The highest BCUT2D eigenvalue weighted by Crippen LogP contribution is 2.50. The summed E-state index contributed by atoms with van der Waals surface area (Å²) in [5, 5.41) is 0. The van der Waals surface area contributed by atoms with Crippen LogP contribution in [0.4, 0.5) is 4.79 Å². The van der Waals surface area contributed by atoms with Crippen LogP contribution >= 0.6 is 0 Å². The third-order valence-electron chi connectivity index (χ3n) is 6.87. The van der Waals surface area contributed by atoms with Gasteiger partial charge in [-0.3, -0.25) is 4.79 Å². The Morgan fingerprint density at radius 3 is 2.56 bits per heavy atom. The Morgan fingerprint density at radius 1 is 1.16 bits per heavy atom. The molecule has 3 saturated heterocycles. The fraction of sp³-hybridized carbons (Fsp3) is 0.895. The quantitative estimate of drug-likeness (QED) is 0.783. The molecule has 140 valence electrons. The predicted molar refractivity (Wildman–Crippen MR) is 94.2 cm³/mol. The van der Waals surface area contributed by atoms with E-state index in [2.05, 4.69) is 9.80 Å². The van der Waals surface area contributed by atoms with E-state index in [1.807, 2.05) is 11.8 Å². The smallest absolute Gasteiger partial charge is 0.409 e. The second-order valence-corrected chi connectivity index (χ2v) is 8.39. The van der Waals surface area contributed by atoms with Crippen molar-refractivity contribution in [3.05, 3.63) is 0 Å². The maximum absolute atomic E-state index is 11.9. The molecule has 0 N–H and O–H groups in total. The molecular weight excluding hydrogens is 318 g/mol. The van der Waals surface area contributed by atoms with Gasteiger partial charge in [0.25, 0.3) is 0 Å². The molecule has 0 radical (unpaired) electrons. The number of hydrogen-bond acceptors (Lipinski definition) is 4. The summed E-state index contributed by atoms with van der Waals surface area (Å²) in [6.07, 6.45) is 7.48. The van der Waals surface area contributed by atoms with E-state index in [0.29, 0.717) is 30.0 Å². The lowest BCUT2D eigenvalue weighted by Crippen LogP contribution is -2.56. The third kappa shape index (κ3) is 3.25. The molecule has 25 heavy (non-hydrogen) atoms. The minimum Gasteiger partial charge on any atom is -0.450 e. The van der Waals surface area contributed by atoms with Crippen molar-refractivity contribution in [2.45, 2.75) is 64.0 Å². The summed E-state index contributed by atoms with van der Waals surface area (Å²) in [6, 6.07) is 1.16. The van der Waals surface area contributed by atoms with Gasteiger partial charge in [0.05, 0.1) is 6.61 Å². The first-order valence-corrected chi connectivity index (χ1v) is 10.1. The van der Waals surface area contributed by atoms with Crippen molar-refractivity contribution in [3.8, 4) is 0 Å². The van der Waals surface area contributed by atoms with Crippen LogP contribution < -0.4 is 0 Å². The highest BCUT2D eigenvalue weighted by Gasteiger charge is 2.51. The molecule has 2 amide bonds. The zero-order chi connectivity index (χ0) is 17.4. The molecule has 4 aliphatic rings. The van der Waals surface area contributed by atoms with Crippen LogP contribution in [0.25, 0.3) is 0 Å². The Bertz CT molecular complexity index is 524. The van der Waals surface area contributed by atoms with E-state index in [1.54, 1.807) is 0 Å². The molecule has 4 rings (SSSR count). The zero-order valence-corrected chi connectivity index (χ0v) is 15.4. The predicted octanol–water partition coefficient (Wildman–Crippen LogP) is 2.08. The zero-order valence-electron chi connectivity index (χ0n) is 15.4. The number of likely N-dealkylation sites (tertiary alicyclic amines) is 3. The summed E-state index contributed by atoms with van der Waals surface area (Å²) >= 11 is 0. The van der Waals surface area contributed by atoms with Gasteiger partial charge in [-0.25, -0.2) is 4.79 Å². The molecule has 0 bridgehead atoms. The first-order chi connectivity index (χ1) is 12.1. The minimum atomic E-state index is -0.140. The van der Waals surface area contributed by atoms with Gasteiger partial charge in [-0.2, -0.15) is 0 Å². The summed E-state index contributed by atoms with van der Waals surface area (Å²) < 4.78 is 5.14. The van der Waals surface area contributed by atoms with Crippen molar-refractivity contribution in [2.24, 2.45) is 5.41 Å². The minimum absolute atomic E-state index is 0.140. The number of nitrogens with zero attached hydrogens (tertiary/aromatic N) is 3. The van der Waals surface area contributed by atoms with Gasteiger partial charge < -0.3 is 19.4 Å². The van der Waals surface area contributed by atoms with Crippen molar-refractivity contribution >= 4 is 12.0 Å². The average molecular weight is 349 g/mol. The van der Waals surface area contributed by atoms with Crippen LogP contribution in [0, 0.1) is 5.41 Å². The lowest BCUT2D eigenvalue weighted by atomic mass is 9.64. The third-order valence-corrected chi connectivity index (χ3v) is 6.87. The standard InChI is InChI=1S/C19H31N3O3/c1-2-25-18(24)21-11-7-19(14-21)12-16(13-19)20-9-5-15(6-10-20)22-8-3-4-17(22)23/h15-16H,2-14H2,1H3. The van der Waals surface area contributed by atoms with Crippen LogP contribution in [0.5, 0.6) is 0 Å². The van der Waals surface area contributed by atoms with Gasteiger partial charge in [-0.15, -0.1) is 0 Å². The maximum Gasteiger partial charge on any atom is 0.409 e. The van der Waals surface area contributed by atoms with Gasteiger partial charge in [0.2, 0.25) is 5.91 Å². The molecule has 3 heterocycles. The second-order valence-electron chi connectivity index (χ2n) is 8.39. The summed E-state index contributed by atoms with van der Waals surface area (Å²) in [6.45, 7) is 7.26. The molecule has 0 aromatic rings. The first-order valence-electron chi connectivity index (χ1n) is 10.1. The molecule has 0 unspecified atom stereocenters. The average Bonchev–Trinajstić information content (AvgIpc) is 3.21. The molecule has 6 nitrogen and oxygen atoms in total. The Kier molecular flexibility index (Phi) is 4.65.